The van der Waals surface area contributed by atoms with E-state index in [1.807, 2.05) is 0 Å². The van der Waals surface area contributed by atoms with Gasteiger partial charge in [-0.05, 0) is 15.9 Å². The first-order valence-electron chi connectivity index (χ1n) is 6.17. The first-order valence-corrected chi connectivity index (χ1v) is 19.6. The molecule has 165 valence electrons. The molecule has 0 spiro atoms. The van der Waals surface area contributed by atoms with Crippen molar-refractivity contribution in [2.45, 2.75) is 25.0 Å². The molecule has 0 heterocycles. The molecule has 3 unspecified atom stereocenters. The highest BCUT2D eigenvalue weighted by Crippen LogP contribution is 3.02. The molecular formula is C10Br17O. The van der Waals surface area contributed by atoms with E-state index in [2.05, 4.69) is 271 Å². The predicted octanol–water partition coefficient (Wildman–Crippen LogP) is 12.6. The molecule has 2 bridgehead atoms. The summed E-state index contributed by atoms with van der Waals surface area (Å²) in [6, 6.07) is 0. The molecule has 0 amide bonds. The van der Waals surface area contributed by atoms with E-state index >= 15 is 0 Å². The lowest BCUT2D eigenvalue weighted by atomic mass is 9.69. The van der Waals surface area contributed by atoms with Gasteiger partial charge in [-0.1, -0.05) is 255 Å². The van der Waals surface area contributed by atoms with Crippen LogP contribution in [0, 0.1) is 10.8 Å². The molecular weight excluding hydrogens is 1490 g/mol. The topological polar surface area (TPSA) is 19.9 Å². The minimum absolute atomic E-state index is 1.02. The third-order valence-electron chi connectivity index (χ3n) is 4.97. The van der Waals surface area contributed by atoms with Gasteiger partial charge in [0.05, 0.1) is 15.2 Å². The van der Waals surface area contributed by atoms with Crippen LogP contribution in [-0.2, 0) is 5.11 Å². The molecule has 18 heteroatoms. The quantitative estimate of drug-likeness (QED) is 0.216. The van der Waals surface area contributed by atoms with Gasteiger partial charge < -0.3 is 0 Å². The maximum Gasteiger partial charge on any atom is 0.196 e. The lowest BCUT2D eigenvalue weighted by molar-refractivity contribution is -0.0628. The largest absolute Gasteiger partial charge is 0.213 e. The Bertz CT molecular complexity index is 629. The van der Waals surface area contributed by atoms with Crippen molar-refractivity contribution in [3.8, 4) is 0 Å². The van der Waals surface area contributed by atoms with E-state index in [4.69, 9.17) is 0 Å². The lowest BCUT2D eigenvalue weighted by Gasteiger charge is -2.61. The van der Waals surface area contributed by atoms with Crippen molar-refractivity contribution in [1.29, 1.82) is 0 Å². The molecule has 0 N–H and O–H groups in total. The van der Waals surface area contributed by atoms with Crippen LogP contribution >= 0.6 is 271 Å². The second-order valence-electron chi connectivity index (χ2n) is 5.97. The van der Waals surface area contributed by atoms with Crippen LogP contribution in [0.2, 0.25) is 0 Å². The maximum absolute atomic E-state index is 14.8. The minimum Gasteiger partial charge on any atom is -0.213 e. The van der Waals surface area contributed by atoms with Crippen LogP contribution in [0.1, 0.15) is 0 Å². The zero-order valence-corrected chi connectivity index (χ0v) is 38.8. The Morgan fingerprint density at radius 1 is 0.464 bits per heavy atom. The Balaban J connectivity index is 3.46. The van der Waals surface area contributed by atoms with Crippen molar-refractivity contribution < 1.29 is 5.11 Å². The van der Waals surface area contributed by atoms with Gasteiger partial charge in [0.2, 0.25) is 0 Å². The normalized spacial score (nSPS) is 41.4. The van der Waals surface area contributed by atoms with Gasteiger partial charge in [-0.25, -0.2) is 5.11 Å². The maximum atomic E-state index is 14.8. The predicted molar refractivity (Wildman–Crippen MR) is 179 cm³/mol. The van der Waals surface area contributed by atoms with E-state index in [-0.39, 0.29) is 0 Å². The number of hydrogen-bond acceptors (Lipinski definition) is 0. The highest BCUT2D eigenvalue weighted by Gasteiger charge is 3.09. The third-order valence-corrected chi connectivity index (χ3v) is 25.7. The van der Waals surface area contributed by atoms with Crippen molar-refractivity contribution in [3.63, 3.8) is 0 Å². The fourth-order valence-corrected chi connectivity index (χ4v) is 29.4. The average Bonchev–Trinajstić information content (AvgIpc) is 2.55. The standard InChI is InChI=1S/C10Br17O/c11-3-1(8(19,20)21,9(22,23)24)2(10(25,26)27,4(12,13)5(3,14)15)7(18,28)6(3,16)17. The molecule has 0 aromatic carbocycles. The highest BCUT2D eigenvalue weighted by atomic mass is 80.0. The van der Waals surface area contributed by atoms with E-state index in [9.17, 15) is 5.11 Å². The van der Waals surface area contributed by atoms with E-state index in [1.54, 1.807) is 0 Å². The van der Waals surface area contributed by atoms with E-state index < -0.39 is 35.8 Å². The molecule has 0 aromatic rings. The van der Waals surface area contributed by atoms with Crippen molar-refractivity contribution in [2.75, 3.05) is 0 Å². The van der Waals surface area contributed by atoms with Gasteiger partial charge in [0.25, 0.3) is 0 Å². The molecule has 2 aliphatic rings. The number of fused-ring (bicyclic) bond motifs is 2. The first kappa shape index (κ1) is 32.3. The molecule has 28 heavy (non-hydrogen) atoms. The summed E-state index contributed by atoms with van der Waals surface area (Å²) in [6.07, 6.45) is 0. The van der Waals surface area contributed by atoms with E-state index in [0.29, 0.717) is 0 Å². The zero-order chi connectivity index (χ0) is 23.0. The molecule has 0 saturated heterocycles. The summed E-state index contributed by atoms with van der Waals surface area (Å²) < 4.78 is -9.93. The number of halogens is 17. The van der Waals surface area contributed by atoms with Crippen LogP contribution in [0.15, 0.2) is 0 Å². The van der Waals surface area contributed by atoms with Crippen LogP contribution in [0.25, 0.3) is 0 Å². The number of alkyl halides is 17. The van der Waals surface area contributed by atoms with Gasteiger partial charge in [-0.15, -0.1) is 0 Å². The molecule has 0 aliphatic heterocycles. The van der Waals surface area contributed by atoms with Crippen molar-refractivity contribution in [2.24, 2.45) is 10.8 Å². The van der Waals surface area contributed by atoms with Crippen LogP contribution < -0.4 is 0 Å². The molecule has 1 nitrogen and oxygen atoms in total. The molecule has 2 fully saturated rings. The fourth-order valence-electron chi connectivity index (χ4n) is 4.06. The Morgan fingerprint density at radius 3 is 1.00 bits per heavy atom. The third kappa shape index (κ3) is 3.26. The summed E-state index contributed by atoms with van der Waals surface area (Å²) in [6.45, 7) is 0. The van der Waals surface area contributed by atoms with Crippen LogP contribution in [-0.4, -0.2) is 25.0 Å². The van der Waals surface area contributed by atoms with Crippen LogP contribution in [0.4, 0.5) is 0 Å². The van der Waals surface area contributed by atoms with Crippen molar-refractivity contribution in [1.82, 2.24) is 0 Å². The van der Waals surface area contributed by atoms with Gasteiger partial charge in [0.1, 0.15) is 16.1 Å². The zero-order valence-electron chi connectivity index (χ0n) is 11.8. The van der Waals surface area contributed by atoms with Gasteiger partial charge in [0.15, 0.2) is 4.51 Å². The van der Waals surface area contributed by atoms with Gasteiger partial charge in [0, 0.05) is 0 Å². The Hall–Kier alpha value is 8.12. The minimum atomic E-state index is -1.94. The summed E-state index contributed by atoms with van der Waals surface area (Å²) >= 11 is 64.0. The Kier molecular flexibility index (Phi) is 10.2. The monoisotopic (exact) mass is 1480 g/mol. The molecule has 1 radical (unpaired) electrons. The molecule has 3 atom stereocenters. The van der Waals surface area contributed by atoms with Crippen LogP contribution in [0.3, 0.4) is 0 Å². The number of hydrogen-bond donors (Lipinski definition) is 0. The summed E-state index contributed by atoms with van der Waals surface area (Å²) in [4.78, 5) is 0. The second-order valence-corrected chi connectivity index (χ2v) is 38.9. The van der Waals surface area contributed by atoms with Gasteiger partial charge in [-0.3, -0.25) is 0 Å². The van der Waals surface area contributed by atoms with Gasteiger partial charge in [-0.2, -0.15) is 0 Å². The SMILES string of the molecule is [O]C1(Br)C(Br)(Br)C2(Br)C(Br)(Br)C(Br)(Br)C1(C(Br)(Br)Br)C2(C(Br)(Br)Br)C(Br)(Br)Br. The average molecular weight is 1490 g/mol. The highest BCUT2D eigenvalue weighted by molar-refractivity contribution is 9.41. The summed E-state index contributed by atoms with van der Waals surface area (Å²) in [5.74, 6) is 0. The Labute approximate surface area is 305 Å². The van der Waals surface area contributed by atoms with Gasteiger partial charge >= 0.3 is 0 Å². The van der Waals surface area contributed by atoms with Crippen molar-refractivity contribution in [3.05, 3.63) is 0 Å². The molecule has 0 aromatic heterocycles. The smallest absolute Gasteiger partial charge is 0.196 e. The van der Waals surface area contributed by atoms with Crippen molar-refractivity contribution >= 4 is 271 Å². The molecule has 2 rings (SSSR count). The first-order chi connectivity index (χ1) is 11.8. The summed E-state index contributed by atoms with van der Waals surface area (Å²) in [7, 11) is 0. The Morgan fingerprint density at radius 2 is 0.786 bits per heavy atom. The molecule has 2 aliphatic carbocycles. The fraction of sp³-hybridized carbons (Fsp3) is 1.00. The second kappa shape index (κ2) is 8.81. The number of rotatable bonds is 0. The summed E-state index contributed by atoms with van der Waals surface area (Å²) in [5.41, 5.74) is -2.63. The van der Waals surface area contributed by atoms with Crippen LogP contribution in [0.5, 0.6) is 0 Å². The molecule has 2 saturated carbocycles. The summed E-state index contributed by atoms with van der Waals surface area (Å²) in [5, 5.41) is 14.8. The van der Waals surface area contributed by atoms with E-state index in [1.165, 1.54) is 0 Å². The van der Waals surface area contributed by atoms with E-state index in [0.717, 1.165) is 0 Å². The lowest BCUT2D eigenvalue weighted by Crippen LogP contribution is -2.72.